The lowest BCUT2D eigenvalue weighted by Gasteiger charge is -2.22. The number of nitrogens with one attached hydrogen (secondary N) is 1. The van der Waals surface area contributed by atoms with Crippen molar-refractivity contribution >= 4 is 35.9 Å². The molecule has 6 heteroatoms. The summed E-state index contributed by atoms with van der Waals surface area (Å²) >= 11 is 0. The van der Waals surface area contributed by atoms with Crippen LogP contribution in [0.2, 0.25) is 0 Å². The molecule has 5 nitrogen and oxygen atoms in total. The number of nitrogens with zero attached hydrogens (tertiary/aromatic N) is 2. The molecule has 1 aliphatic carbocycles. The maximum Gasteiger partial charge on any atom is 0.310 e. The first-order valence-corrected chi connectivity index (χ1v) is 8.82. The van der Waals surface area contributed by atoms with Gasteiger partial charge in [-0.25, -0.2) is 0 Å². The molecule has 1 aromatic carbocycles. The summed E-state index contributed by atoms with van der Waals surface area (Å²) in [6.45, 7) is 6.41. The van der Waals surface area contributed by atoms with Gasteiger partial charge >= 0.3 is 5.97 Å². The molecule has 138 valence electrons. The summed E-state index contributed by atoms with van der Waals surface area (Å²) in [5, 5.41) is 3.60. The van der Waals surface area contributed by atoms with Crippen LogP contribution in [0, 0.1) is 11.8 Å². The third-order valence-corrected chi connectivity index (χ3v) is 5.06. The predicted molar refractivity (Wildman–Crippen MR) is 110 cm³/mol. The van der Waals surface area contributed by atoms with Crippen LogP contribution in [0.4, 0.5) is 0 Å². The second-order valence-corrected chi connectivity index (χ2v) is 6.81. The average Bonchev–Trinajstić information content (AvgIpc) is 3.27. The van der Waals surface area contributed by atoms with Crippen molar-refractivity contribution in [2.75, 3.05) is 26.7 Å². The van der Waals surface area contributed by atoms with Crippen molar-refractivity contribution in [3.05, 3.63) is 35.9 Å². The molecule has 1 N–H and O–H groups in total. The Morgan fingerprint density at radius 2 is 2.04 bits per heavy atom. The lowest BCUT2D eigenvalue weighted by atomic mass is 9.99. The lowest BCUT2D eigenvalue weighted by molar-refractivity contribution is -0.145. The summed E-state index contributed by atoms with van der Waals surface area (Å²) < 4.78 is 4.94. The zero-order chi connectivity index (χ0) is 17.1. The normalized spacial score (nSPS) is 28.3. The number of hydrogen-bond donors (Lipinski definition) is 1. The van der Waals surface area contributed by atoms with Crippen LogP contribution in [0.3, 0.4) is 0 Å². The maximum absolute atomic E-state index is 11.9. The number of methoxy groups -OCH3 is 1. The zero-order valence-corrected chi connectivity index (χ0v) is 17.5. The largest absolute Gasteiger partial charge is 0.469 e. The lowest BCUT2D eigenvalue weighted by Crippen LogP contribution is -2.42. The molecule has 4 unspecified atom stereocenters. The van der Waals surface area contributed by atoms with Crippen LogP contribution >= 0.6 is 24.0 Å². The smallest absolute Gasteiger partial charge is 0.310 e. The van der Waals surface area contributed by atoms with Crippen LogP contribution in [0.1, 0.15) is 31.7 Å². The standard InChI is InChI=1S/C19H27N3O2.HI/c1-4-20-19(22-11-13(2)16(12-22)18(23)24-3)21-17-10-15(17)14-8-6-5-7-9-14;/h5-9,13,15-17H,4,10-12H2,1-3H3,(H,20,21);1H. The van der Waals surface area contributed by atoms with Gasteiger partial charge in [0.2, 0.25) is 0 Å². The number of halogens is 1. The fourth-order valence-electron chi connectivity index (χ4n) is 3.57. The molecule has 0 amide bonds. The van der Waals surface area contributed by atoms with Gasteiger partial charge in [0, 0.05) is 31.6 Å². The molecule has 2 aliphatic rings. The number of benzene rings is 1. The number of likely N-dealkylation sites (tertiary alicyclic amines) is 1. The van der Waals surface area contributed by atoms with Crippen molar-refractivity contribution in [1.82, 2.24) is 10.2 Å². The van der Waals surface area contributed by atoms with E-state index in [2.05, 4.69) is 52.5 Å². The minimum atomic E-state index is -0.116. The van der Waals surface area contributed by atoms with Crippen molar-refractivity contribution < 1.29 is 9.53 Å². The van der Waals surface area contributed by atoms with E-state index in [1.165, 1.54) is 12.7 Å². The number of ether oxygens (including phenoxy) is 1. The Balaban J connectivity index is 0.00000225. The zero-order valence-electron chi connectivity index (χ0n) is 15.1. The monoisotopic (exact) mass is 457 g/mol. The predicted octanol–water partition coefficient (Wildman–Crippen LogP) is 2.87. The Morgan fingerprint density at radius 3 is 2.68 bits per heavy atom. The molecule has 4 atom stereocenters. The van der Waals surface area contributed by atoms with E-state index in [1.807, 2.05) is 6.92 Å². The van der Waals surface area contributed by atoms with E-state index in [0.717, 1.165) is 25.5 Å². The van der Waals surface area contributed by atoms with Crippen LogP contribution in [0.25, 0.3) is 0 Å². The minimum Gasteiger partial charge on any atom is -0.469 e. The average molecular weight is 457 g/mol. The number of rotatable bonds is 4. The summed E-state index contributed by atoms with van der Waals surface area (Å²) in [6, 6.07) is 11.0. The first kappa shape index (κ1) is 20.0. The second kappa shape index (κ2) is 8.87. The van der Waals surface area contributed by atoms with Gasteiger partial charge in [0.05, 0.1) is 13.0 Å². The Bertz CT molecular complexity index is 608. The Hall–Kier alpha value is -1.31. The summed E-state index contributed by atoms with van der Waals surface area (Å²) in [4.78, 5) is 18.8. The van der Waals surface area contributed by atoms with E-state index in [-0.39, 0.29) is 41.8 Å². The molecule has 1 heterocycles. The van der Waals surface area contributed by atoms with Gasteiger partial charge in [-0.3, -0.25) is 9.79 Å². The second-order valence-electron chi connectivity index (χ2n) is 6.81. The fourth-order valence-corrected chi connectivity index (χ4v) is 3.57. The first-order chi connectivity index (χ1) is 11.6. The van der Waals surface area contributed by atoms with E-state index in [1.54, 1.807) is 0 Å². The number of guanidine groups is 1. The summed E-state index contributed by atoms with van der Waals surface area (Å²) in [5.41, 5.74) is 1.38. The highest BCUT2D eigenvalue weighted by molar-refractivity contribution is 14.0. The van der Waals surface area contributed by atoms with Gasteiger partial charge in [-0.05, 0) is 24.8 Å². The SMILES string of the molecule is CCN=C(NC1CC1c1ccccc1)N1CC(C)C(C(=O)OC)C1.I. The van der Waals surface area contributed by atoms with Crippen molar-refractivity contribution in [2.24, 2.45) is 16.8 Å². The number of carbonyl (C=O) groups is 1. The molecule has 1 aliphatic heterocycles. The van der Waals surface area contributed by atoms with Crippen molar-refractivity contribution in [3.8, 4) is 0 Å². The number of esters is 1. The molecule has 3 rings (SSSR count). The van der Waals surface area contributed by atoms with E-state index in [0.29, 0.717) is 18.5 Å². The number of carbonyl (C=O) groups excluding carboxylic acids is 1. The molecule has 0 bridgehead atoms. The van der Waals surface area contributed by atoms with Gasteiger partial charge in [-0.15, -0.1) is 24.0 Å². The van der Waals surface area contributed by atoms with E-state index < -0.39 is 0 Å². The third-order valence-electron chi connectivity index (χ3n) is 5.06. The van der Waals surface area contributed by atoms with Gasteiger partial charge in [0.1, 0.15) is 0 Å². The molecule has 0 aromatic heterocycles. The van der Waals surface area contributed by atoms with Crippen molar-refractivity contribution in [3.63, 3.8) is 0 Å². The highest BCUT2D eigenvalue weighted by Crippen LogP contribution is 2.40. The van der Waals surface area contributed by atoms with Crippen LogP contribution in [0.15, 0.2) is 35.3 Å². The Morgan fingerprint density at radius 1 is 1.32 bits per heavy atom. The Labute approximate surface area is 167 Å². The third kappa shape index (κ3) is 4.65. The van der Waals surface area contributed by atoms with E-state index >= 15 is 0 Å². The van der Waals surface area contributed by atoms with Crippen molar-refractivity contribution in [2.45, 2.75) is 32.2 Å². The topological polar surface area (TPSA) is 53.9 Å². The molecular weight excluding hydrogens is 429 g/mol. The van der Waals surface area contributed by atoms with Crippen LogP contribution in [-0.4, -0.2) is 49.6 Å². The highest BCUT2D eigenvalue weighted by atomic mass is 127. The summed E-state index contributed by atoms with van der Waals surface area (Å²) in [7, 11) is 1.46. The van der Waals surface area contributed by atoms with Crippen LogP contribution in [0.5, 0.6) is 0 Å². The van der Waals surface area contributed by atoms with Gasteiger partial charge in [0.15, 0.2) is 5.96 Å². The molecule has 0 radical (unpaired) electrons. The highest BCUT2D eigenvalue weighted by Gasteiger charge is 2.42. The maximum atomic E-state index is 11.9. The first-order valence-electron chi connectivity index (χ1n) is 8.82. The van der Waals surface area contributed by atoms with Crippen LogP contribution in [-0.2, 0) is 9.53 Å². The van der Waals surface area contributed by atoms with Gasteiger partial charge in [0.25, 0.3) is 0 Å². The molecular formula is C19H28IN3O2. The van der Waals surface area contributed by atoms with Gasteiger partial charge in [-0.1, -0.05) is 37.3 Å². The Kier molecular flexibility index (Phi) is 7.10. The summed E-state index contributed by atoms with van der Waals surface area (Å²) in [5.74, 6) is 1.59. The van der Waals surface area contributed by atoms with E-state index in [9.17, 15) is 4.79 Å². The molecule has 2 fully saturated rings. The van der Waals surface area contributed by atoms with Crippen molar-refractivity contribution in [1.29, 1.82) is 0 Å². The fraction of sp³-hybridized carbons (Fsp3) is 0.579. The molecule has 0 spiro atoms. The quantitative estimate of drug-likeness (QED) is 0.327. The van der Waals surface area contributed by atoms with Gasteiger partial charge in [-0.2, -0.15) is 0 Å². The molecule has 1 saturated heterocycles. The minimum absolute atomic E-state index is 0. The number of aliphatic imine (C=N–C) groups is 1. The number of hydrogen-bond acceptors (Lipinski definition) is 3. The molecule has 25 heavy (non-hydrogen) atoms. The van der Waals surface area contributed by atoms with Crippen LogP contribution < -0.4 is 5.32 Å². The summed E-state index contributed by atoms with van der Waals surface area (Å²) in [6.07, 6.45) is 1.14. The molecule has 1 aromatic rings. The molecule has 1 saturated carbocycles. The van der Waals surface area contributed by atoms with E-state index in [4.69, 9.17) is 4.74 Å². The van der Waals surface area contributed by atoms with Gasteiger partial charge < -0.3 is 15.0 Å².